The number of hydrogen-bond donors (Lipinski definition) is 0. The average Bonchev–Trinajstić information content (AvgIpc) is 2.16. The molecule has 2 aromatic heterocycles. The predicted molar refractivity (Wildman–Crippen MR) is 65.8 cm³/mol. The molecule has 0 aliphatic rings. The summed E-state index contributed by atoms with van der Waals surface area (Å²) in [7, 11) is 0. The molecule has 0 atom stereocenters. The van der Waals surface area contributed by atoms with Crippen LogP contribution in [0.3, 0.4) is 0 Å². The molecule has 15 heavy (non-hydrogen) atoms. The van der Waals surface area contributed by atoms with E-state index in [9.17, 15) is 0 Å². The van der Waals surface area contributed by atoms with Gasteiger partial charge in [-0.25, -0.2) is 9.97 Å². The van der Waals surface area contributed by atoms with E-state index in [0.29, 0.717) is 20.5 Å². The Bertz CT molecular complexity index is 486. The van der Waals surface area contributed by atoms with Crippen LogP contribution in [0.4, 0.5) is 0 Å². The Morgan fingerprint density at radius 1 is 1.00 bits per heavy atom. The summed E-state index contributed by atoms with van der Waals surface area (Å²) in [6, 6.07) is 5.21. The van der Waals surface area contributed by atoms with Crippen molar-refractivity contribution in [1.29, 1.82) is 0 Å². The van der Waals surface area contributed by atoms with E-state index in [-0.39, 0.29) is 5.28 Å². The van der Waals surface area contributed by atoms with Gasteiger partial charge in [-0.15, -0.1) is 0 Å². The lowest BCUT2D eigenvalue weighted by Crippen LogP contribution is -1.97. The summed E-state index contributed by atoms with van der Waals surface area (Å²) in [4.78, 5) is 16.0. The van der Waals surface area contributed by atoms with Crippen LogP contribution in [0, 0.1) is 3.83 Å². The molecule has 2 heterocycles. The highest BCUT2D eigenvalue weighted by Crippen LogP contribution is 2.16. The minimum Gasteiger partial charge on any atom is -0.233 e. The van der Waals surface area contributed by atoms with Crippen molar-refractivity contribution in [2.75, 3.05) is 0 Å². The Kier molecular flexibility index (Phi) is 3.32. The van der Waals surface area contributed by atoms with Crippen LogP contribution in [-0.4, -0.2) is 19.9 Å². The highest BCUT2D eigenvalue weighted by Gasteiger charge is 2.06. The molecule has 0 aliphatic heterocycles. The summed E-state index contributed by atoms with van der Waals surface area (Å²) >= 11 is 13.4. The Labute approximate surface area is 109 Å². The second-order valence-electron chi connectivity index (χ2n) is 2.54. The van der Waals surface area contributed by atoms with Gasteiger partial charge in [0.25, 0.3) is 0 Å². The van der Waals surface area contributed by atoms with Crippen molar-refractivity contribution in [3.05, 3.63) is 32.5 Å². The molecule has 0 unspecified atom stereocenters. The standard InChI is InChI=1S/C8H3Cl2IN4/c9-5-3-1-2-4(12-5)6-13-7(10)15-8(11)14-6/h1-3H. The highest BCUT2D eigenvalue weighted by atomic mass is 127. The van der Waals surface area contributed by atoms with Crippen molar-refractivity contribution in [2.45, 2.75) is 0 Å². The fourth-order valence-corrected chi connectivity index (χ4v) is 1.90. The summed E-state index contributed by atoms with van der Waals surface area (Å²) in [5, 5.41) is 0.533. The van der Waals surface area contributed by atoms with E-state index < -0.39 is 0 Å². The highest BCUT2D eigenvalue weighted by molar-refractivity contribution is 14.1. The predicted octanol–water partition coefficient (Wildman–Crippen LogP) is 2.85. The van der Waals surface area contributed by atoms with Crippen LogP contribution in [0.1, 0.15) is 0 Å². The van der Waals surface area contributed by atoms with Gasteiger partial charge in [-0.05, 0) is 23.7 Å². The topological polar surface area (TPSA) is 51.6 Å². The van der Waals surface area contributed by atoms with Crippen LogP contribution in [0.25, 0.3) is 11.5 Å². The van der Waals surface area contributed by atoms with Crippen molar-refractivity contribution in [3.8, 4) is 11.5 Å². The number of aromatic nitrogens is 4. The average molecular weight is 353 g/mol. The van der Waals surface area contributed by atoms with E-state index in [1.165, 1.54) is 0 Å². The van der Waals surface area contributed by atoms with Gasteiger partial charge >= 0.3 is 0 Å². The second kappa shape index (κ2) is 4.54. The minimum absolute atomic E-state index is 0.145. The first-order valence-corrected chi connectivity index (χ1v) is 5.68. The van der Waals surface area contributed by atoms with E-state index in [2.05, 4.69) is 19.9 Å². The Morgan fingerprint density at radius 2 is 1.80 bits per heavy atom. The monoisotopic (exact) mass is 352 g/mol. The minimum atomic E-state index is 0.145. The van der Waals surface area contributed by atoms with Crippen LogP contribution in [-0.2, 0) is 0 Å². The molecule has 0 saturated carbocycles. The molecule has 2 aromatic rings. The summed E-state index contributed by atoms with van der Waals surface area (Å²) in [5.74, 6) is 0.418. The third-order valence-electron chi connectivity index (χ3n) is 1.53. The number of nitrogens with zero attached hydrogens (tertiary/aromatic N) is 4. The van der Waals surface area contributed by atoms with E-state index in [4.69, 9.17) is 23.2 Å². The Morgan fingerprint density at radius 3 is 2.47 bits per heavy atom. The molecule has 0 bridgehead atoms. The maximum Gasteiger partial charge on any atom is 0.226 e. The van der Waals surface area contributed by atoms with Crippen LogP contribution < -0.4 is 0 Å². The fraction of sp³-hybridized carbons (Fsp3) is 0. The Balaban J connectivity index is 2.54. The molecule has 7 heteroatoms. The summed E-state index contributed by atoms with van der Waals surface area (Å²) in [5.41, 5.74) is 0.574. The van der Waals surface area contributed by atoms with Gasteiger partial charge in [0.05, 0.1) is 0 Å². The third kappa shape index (κ3) is 2.73. The van der Waals surface area contributed by atoms with Gasteiger partial charge in [-0.1, -0.05) is 17.7 Å². The van der Waals surface area contributed by atoms with Crippen molar-refractivity contribution < 1.29 is 0 Å². The lowest BCUT2D eigenvalue weighted by Gasteiger charge is -2.00. The van der Waals surface area contributed by atoms with Crippen molar-refractivity contribution >= 4 is 45.8 Å². The molecular formula is C8H3Cl2IN4. The van der Waals surface area contributed by atoms with Gasteiger partial charge in [0.15, 0.2) is 9.66 Å². The molecule has 0 radical (unpaired) electrons. The van der Waals surface area contributed by atoms with Crippen LogP contribution in [0.5, 0.6) is 0 Å². The maximum atomic E-state index is 5.76. The zero-order valence-electron chi connectivity index (χ0n) is 7.15. The number of halogens is 3. The lowest BCUT2D eigenvalue weighted by molar-refractivity contribution is 1.00. The zero-order chi connectivity index (χ0) is 10.8. The molecule has 4 nitrogen and oxygen atoms in total. The molecule has 76 valence electrons. The van der Waals surface area contributed by atoms with E-state index in [0.717, 1.165) is 0 Å². The zero-order valence-corrected chi connectivity index (χ0v) is 10.8. The molecule has 0 fully saturated rings. The van der Waals surface area contributed by atoms with Gasteiger partial charge < -0.3 is 0 Å². The van der Waals surface area contributed by atoms with Crippen molar-refractivity contribution in [1.82, 2.24) is 19.9 Å². The SMILES string of the molecule is Clc1cccc(-c2nc(Cl)nc(I)n2)n1. The largest absolute Gasteiger partial charge is 0.233 e. The van der Waals surface area contributed by atoms with Gasteiger partial charge in [0, 0.05) is 22.6 Å². The molecule has 0 N–H and O–H groups in total. The second-order valence-corrected chi connectivity index (χ2v) is 4.23. The number of hydrogen-bond acceptors (Lipinski definition) is 4. The van der Waals surface area contributed by atoms with Gasteiger partial charge in [0.1, 0.15) is 10.8 Å². The lowest BCUT2D eigenvalue weighted by atomic mass is 10.3. The molecule has 0 aromatic carbocycles. The first-order chi connectivity index (χ1) is 7.15. The smallest absolute Gasteiger partial charge is 0.226 e. The van der Waals surface area contributed by atoms with Crippen molar-refractivity contribution in [2.24, 2.45) is 0 Å². The number of rotatable bonds is 1. The first kappa shape index (κ1) is 11.0. The van der Waals surface area contributed by atoms with Crippen LogP contribution in [0.15, 0.2) is 18.2 Å². The quantitative estimate of drug-likeness (QED) is 0.585. The van der Waals surface area contributed by atoms with Gasteiger partial charge in [0.2, 0.25) is 5.28 Å². The normalized spacial score (nSPS) is 10.3. The maximum absolute atomic E-state index is 5.76. The molecule has 0 saturated heterocycles. The molecule has 0 amide bonds. The fourth-order valence-electron chi connectivity index (χ4n) is 0.973. The van der Waals surface area contributed by atoms with Crippen LogP contribution in [0.2, 0.25) is 10.4 Å². The molecule has 0 spiro atoms. The number of pyridine rings is 1. The van der Waals surface area contributed by atoms with Crippen LogP contribution >= 0.6 is 45.8 Å². The Hall–Kier alpha value is -0.530. The van der Waals surface area contributed by atoms with E-state index in [1.807, 2.05) is 22.6 Å². The molecule has 0 aliphatic carbocycles. The molecular weight excluding hydrogens is 350 g/mol. The summed E-state index contributed by atoms with van der Waals surface area (Å²) in [6.45, 7) is 0. The first-order valence-electron chi connectivity index (χ1n) is 3.85. The summed E-state index contributed by atoms with van der Waals surface area (Å²) < 4.78 is 0.518. The van der Waals surface area contributed by atoms with Crippen molar-refractivity contribution in [3.63, 3.8) is 0 Å². The third-order valence-corrected chi connectivity index (χ3v) is 2.39. The van der Waals surface area contributed by atoms with Gasteiger partial charge in [-0.2, -0.15) is 9.97 Å². The summed E-state index contributed by atoms with van der Waals surface area (Å²) in [6.07, 6.45) is 0. The molecule has 2 rings (SSSR count). The van der Waals surface area contributed by atoms with E-state index in [1.54, 1.807) is 18.2 Å². The van der Waals surface area contributed by atoms with Gasteiger partial charge in [-0.3, -0.25) is 0 Å². The van der Waals surface area contributed by atoms with E-state index >= 15 is 0 Å².